The quantitative estimate of drug-likeness (QED) is 0.617. The monoisotopic (exact) mass is 378 g/mol. The van der Waals surface area contributed by atoms with Crippen LogP contribution in [0.25, 0.3) is 0 Å². The Balaban J connectivity index is 1.32. The topological polar surface area (TPSA) is 48.9 Å². The Hall–Kier alpha value is -2.69. The molecular formula is C23H30N4O. The summed E-state index contributed by atoms with van der Waals surface area (Å²) < 4.78 is 6.01. The summed E-state index contributed by atoms with van der Waals surface area (Å²) in [7, 11) is 1.81. The highest BCUT2D eigenvalue weighted by molar-refractivity contribution is 5.80. The lowest BCUT2D eigenvalue weighted by atomic mass is 10.1. The fourth-order valence-electron chi connectivity index (χ4n) is 4.03. The van der Waals surface area contributed by atoms with E-state index in [1.807, 2.05) is 19.2 Å². The number of guanidine groups is 1. The van der Waals surface area contributed by atoms with Gasteiger partial charge in [0, 0.05) is 32.2 Å². The number of anilines is 1. The molecule has 148 valence electrons. The van der Waals surface area contributed by atoms with Gasteiger partial charge in [-0.1, -0.05) is 30.3 Å². The Kier molecular flexibility index (Phi) is 5.70. The van der Waals surface area contributed by atoms with Gasteiger partial charge in [0.1, 0.15) is 11.9 Å². The van der Waals surface area contributed by atoms with Crippen LogP contribution in [0.4, 0.5) is 5.69 Å². The summed E-state index contributed by atoms with van der Waals surface area (Å²) >= 11 is 0. The molecule has 0 amide bonds. The normalized spacial score (nSPS) is 19.9. The maximum atomic E-state index is 6.01. The molecule has 1 fully saturated rings. The molecule has 0 bridgehead atoms. The van der Waals surface area contributed by atoms with Crippen LogP contribution in [0.5, 0.6) is 5.75 Å². The van der Waals surface area contributed by atoms with Gasteiger partial charge in [-0.25, -0.2) is 0 Å². The van der Waals surface area contributed by atoms with E-state index in [1.165, 1.54) is 29.7 Å². The predicted molar refractivity (Wildman–Crippen MR) is 115 cm³/mol. The number of nitrogens with zero attached hydrogens (tertiary/aromatic N) is 2. The van der Waals surface area contributed by atoms with Crippen LogP contribution in [-0.2, 0) is 6.42 Å². The molecule has 0 saturated carbocycles. The van der Waals surface area contributed by atoms with Gasteiger partial charge in [-0.3, -0.25) is 4.99 Å². The van der Waals surface area contributed by atoms with Gasteiger partial charge in [-0.05, 0) is 49.1 Å². The number of nitrogens with one attached hydrogen (secondary N) is 2. The van der Waals surface area contributed by atoms with Gasteiger partial charge in [-0.15, -0.1) is 0 Å². The molecule has 28 heavy (non-hydrogen) atoms. The minimum absolute atomic E-state index is 0.143. The maximum absolute atomic E-state index is 6.01. The maximum Gasteiger partial charge on any atom is 0.191 e. The summed E-state index contributed by atoms with van der Waals surface area (Å²) in [5.74, 6) is 1.81. The van der Waals surface area contributed by atoms with E-state index in [9.17, 15) is 0 Å². The third kappa shape index (κ3) is 4.24. The molecule has 0 radical (unpaired) electrons. The number of para-hydroxylation sites is 1. The van der Waals surface area contributed by atoms with Crippen LogP contribution in [0.3, 0.4) is 0 Å². The van der Waals surface area contributed by atoms with Crippen LogP contribution < -0.4 is 20.3 Å². The Morgan fingerprint density at radius 3 is 2.79 bits per heavy atom. The lowest BCUT2D eigenvalue weighted by Crippen LogP contribution is -2.43. The number of aliphatic imine (C=N–C) groups is 1. The van der Waals surface area contributed by atoms with Gasteiger partial charge in [-0.2, -0.15) is 0 Å². The van der Waals surface area contributed by atoms with Crippen molar-refractivity contribution in [3.05, 3.63) is 59.7 Å². The lowest BCUT2D eigenvalue weighted by molar-refractivity contribution is 0.234. The third-order valence-electron chi connectivity index (χ3n) is 5.63. The molecule has 0 spiro atoms. The van der Waals surface area contributed by atoms with Gasteiger partial charge >= 0.3 is 0 Å². The van der Waals surface area contributed by atoms with Gasteiger partial charge in [0.05, 0.1) is 12.6 Å². The van der Waals surface area contributed by atoms with Crippen LogP contribution in [0.2, 0.25) is 0 Å². The van der Waals surface area contributed by atoms with Crippen LogP contribution in [0, 0.1) is 0 Å². The summed E-state index contributed by atoms with van der Waals surface area (Å²) in [6, 6.07) is 17.3. The van der Waals surface area contributed by atoms with Crippen molar-refractivity contribution in [2.24, 2.45) is 4.99 Å². The zero-order valence-electron chi connectivity index (χ0n) is 16.8. The molecule has 2 heterocycles. The van der Waals surface area contributed by atoms with Crippen LogP contribution in [0.15, 0.2) is 53.5 Å². The standard InChI is InChI=1S/C23H30N4O/c1-17(18-9-7-10-20(14-18)27-12-5-6-13-27)26-23(24-2)25-16-21-15-19-8-3-4-11-22(19)28-21/h3-4,7-11,14,17,21H,5-6,12-13,15-16H2,1-2H3,(H2,24,25,26). The van der Waals surface area contributed by atoms with E-state index in [4.69, 9.17) is 4.74 Å². The smallest absolute Gasteiger partial charge is 0.191 e. The van der Waals surface area contributed by atoms with Gasteiger partial charge in [0.15, 0.2) is 5.96 Å². The van der Waals surface area contributed by atoms with Gasteiger partial charge < -0.3 is 20.3 Å². The van der Waals surface area contributed by atoms with E-state index in [0.717, 1.165) is 37.8 Å². The average molecular weight is 379 g/mol. The number of benzene rings is 2. The Labute approximate surface area is 167 Å². The molecular weight excluding hydrogens is 348 g/mol. The summed E-state index contributed by atoms with van der Waals surface area (Å²) in [5, 5.41) is 6.93. The first-order valence-electron chi connectivity index (χ1n) is 10.3. The summed E-state index contributed by atoms with van der Waals surface area (Å²) in [4.78, 5) is 6.86. The number of rotatable bonds is 5. The van der Waals surface area contributed by atoms with Crippen molar-refractivity contribution >= 4 is 11.6 Å². The van der Waals surface area contributed by atoms with Crippen molar-refractivity contribution in [3.8, 4) is 5.75 Å². The second-order valence-corrected chi connectivity index (χ2v) is 7.66. The third-order valence-corrected chi connectivity index (χ3v) is 5.63. The average Bonchev–Trinajstić information content (AvgIpc) is 3.40. The molecule has 2 aromatic carbocycles. The number of hydrogen-bond acceptors (Lipinski definition) is 3. The number of hydrogen-bond donors (Lipinski definition) is 2. The molecule has 2 aromatic rings. The molecule has 2 aliphatic heterocycles. The van der Waals surface area contributed by atoms with Gasteiger partial charge in [0.2, 0.25) is 0 Å². The van der Waals surface area contributed by atoms with Crippen molar-refractivity contribution in [2.75, 3.05) is 31.6 Å². The summed E-state index contributed by atoms with van der Waals surface area (Å²) in [6.07, 6.45) is 3.67. The molecule has 0 aromatic heterocycles. The van der Waals surface area contributed by atoms with Crippen LogP contribution in [0.1, 0.15) is 36.9 Å². The minimum atomic E-state index is 0.143. The highest BCUT2D eigenvalue weighted by Crippen LogP contribution is 2.28. The van der Waals surface area contributed by atoms with E-state index in [-0.39, 0.29) is 12.1 Å². The van der Waals surface area contributed by atoms with Crippen molar-refractivity contribution in [1.29, 1.82) is 0 Å². The molecule has 2 atom stereocenters. The molecule has 2 aliphatic rings. The highest BCUT2D eigenvalue weighted by atomic mass is 16.5. The number of fused-ring (bicyclic) bond motifs is 1. The van der Waals surface area contributed by atoms with Crippen molar-refractivity contribution in [2.45, 2.75) is 38.3 Å². The van der Waals surface area contributed by atoms with E-state index in [0.29, 0.717) is 0 Å². The Morgan fingerprint density at radius 1 is 1.18 bits per heavy atom. The first-order valence-corrected chi connectivity index (χ1v) is 10.3. The zero-order valence-corrected chi connectivity index (χ0v) is 16.8. The van der Waals surface area contributed by atoms with Crippen molar-refractivity contribution in [3.63, 3.8) is 0 Å². The van der Waals surface area contributed by atoms with E-state index >= 15 is 0 Å². The summed E-state index contributed by atoms with van der Waals surface area (Å²) in [6.45, 7) is 5.24. The molecule has 2 unspecified atom stereocenters. The largest absolute Gasteiger partial charge is 0.488 e. The fourth-order valence-corrected chi connectivity index (χ4v) is 4.03. The molecule has 1 saturated heterocycles. The number of ether oxygens (including phenoxy) is 1. The second-order valence-electron chi connectivity index (χ2n) is 7.66. The minimum Gasteiger partial charge on any atom is -0.488 e. The SMILES string of the molecule is CN=C(NCC1Cc2ccccc2O1)NC(C)c1cccc(N2CCCC2)c1. The van der Waals surface area contributed by atoms with Gasteiger partial charge in [0.25, 0.3) is 0 Å². The summed E-state index contributed by atoms with van der Waals surface area (Å²) in [5.41, 5.74) is 3.88. The predicted octanol–water partition coefficient (Wildman–Crippen LogP) is 3.52. The second kappa shape index (κ2) is 8.55. The van der Waals surface area contributed by atoms with E-state index < -0.39 is 0 Å². The lowest BCUT2D eigenvalue weighted by Gasteiger charge is -2.22. The Morgan fingerprint density at radius 2 is 2.00 bits per heavy atom. The van der Waals surface area contributed by atoms with E-state index in [1.54, 1.807) is 0 Å². The van der Waals surface area contributed by atoms with Crippen molar-refractivity contribution in [1.82, 2.24) is 10.6 Å². The highest BCUT2D eigenvalue weighted by Gasteiger charge is 2.22. The molecule has 4 rings (SSSR count). The van der Waals surface area contributed by atoms with Crippen LogP contribution in [-0.4, -0.2) is 38.7 Å². The molecule has 5 nitrogen and oxygen atoms in total. The molecule has 0 aliphatic carbocycles. The fraction of sp³-hybridized carbons (Fsp3) is 0.435. The Bertz CT molecular complexity index is 804. The van der Waals surface area contributed by atoms with Crippen LogP contribution >= 0.6 is 0 Å². The first kappa shape index (κ1) is 18.7. The van der Waals surface area contributed by atoms with Crippen molar-refractivity contribution < 1.29 is 4.74 Å². The van der Waals surface area contributed by atoms with E-state index in [2.05, 4.69) is 63.8 Å². The molecule has 5 heteroatoms. The zero-order chi connectivity index (χ0) is 19.3. The molecule has 2 N–H and O–H groups in total. The first-order chi connectivity index (χ1) is 13.7.